The van der Waals surface area contributed by atoms with E-state index in [-0.39, 0.29) is 30.6 Å². The highest BCUT2D eigenvalue weighted by atomic mass is 16.5. The van der Waals surface area contributed by atoms with Gasteiger partial charge < -0.3 is 30.1 Å². The molecular weight excluding hydrogens is 410 g/mol. The van der Waals surface area contributed by atoms with E-state index in [0.717, 1.165) is 11.3 Å². The number of carbonyl (C=O) groups is 2. The third kappa shape index (κ3) is 4.50. The summed E-state index contributed by atoms with van der Waals surface area (Å²) in [5, 5.41) is 15.1. The maximum absolute atomic E-state index is 13.0. The van der Waals surface area contributed by atoms with Crippen LogP contribution >= 0.6 is 0 Å². The van der Waals surface area contributed by atoms with E-state index in [1.807, 2.05) is 39.0 Å². The van der Waals surface area contributed by atoms with Crippen LogP contribution in [0.4, 0.5) is 16.2 Å². The van der Waals surface area contributed by atoms with Crippen LogP contribution in [0.2, 0.25) is 0 Å². The summed E-state index contributed by atoms with van der Waals surface area (Å²) < 4.78 is 11.9. The number of benzene rings is 2. The van der Waals surface area contributed by atoms with Crippen molar-refractivity contribution in [2.75, 3.05) is 36.9 Å². The summed E-state index contributed by atoms with van der Waals surface area (Å²) in [7, 11) is 0. The maximum Gasteiger partial charge on any atom is 0.323 e. The van der Waals surface area contributed by atoms with Crippen LogP contribution in [0.25, 0.3) is 0 Å². The minimum atomic E-state index is -0.435. The Balaban J connectivity index is 1.56. The van der Waals surface area contributed by atoms with E-state index in [9.17, 15) is 14.7 Å². The summed E-state index contributed by atoms with van der Waals surface area (Å²) >= 11 is 0. The minimum Gasteiger partial charge on any atom is -0.490 e. The molecule has 2 aromatic rings. The maximum atomic E-state index is 13.0. The minimum absolute atomic E-state index is 0.0794. The van der Waals surface area contributed by atoms with Crippen molar-refractivity contribution >= 4 is 23.3 Å². The van der Waals surface area contributed by atoms with Gasteiger partial charge in [0.05, 0.1) is 24.5 Å². The third-order valence-electron chi connectivity index (χ3n) is 5.57. The zero-order valence-electron chi connectivity index (χ0n) is 18.6. The van der Waals surface area contributed by atoms with Gasteiger partial charge in [0.25, 0.3) is 5.91 Å². The lowest BCUT2D eigenvalue weighted by Gasteiger charge is -2.30. The van der Waals surface area contributed by atoms with Gasteiger partial charge in [-0.3, -0.25) is 4.79 Å². The normalized spacial score (nSPS) is 19.1. The molecule has 0 spiro atoms. The molecule has 3 amide bonds. The second kappa shape index (κ2) is 8.70. The Hall–Kier alpha value is -3.26. The van der Waals surface area contributed by atoms with Gasteiger partial charge in [-0.05, 0) is 38.1 Å². The number of ether oxygens (including phenoxy) is 2. The van der Waals surface area contributed by atoms with E-state index in [0.29, 0.717) is 42.3 Å². The van der Waals surface area contributed by atoms with Crippen molar-refractivity contribution in [2.24, 2.45) is 5.92 Å². The van der Waals surface area contributed by atoms with Crippen molar-refractivity contribution < 1.29 is 24.2 Å². The van der Waals surface area contributed by atoms with Crippen LogP contribution in [0.1, 0.15) is 36.7 Å². The smallest absolute Gasteiger partial charge is 0.323 e. The van der Waals surface area contributed by atoms with Gasteiger partial charge in [-0.15, -0.1) is 0 Å². The monoisotopic (exact) mass is 439 g/mol. The Morgan fingerprint density at radius 1 is 1.19 bits per heavy atom. The fraction of sp³-hybridized carbons (Fsp3) is 0.417. The number of aliphatic hydroxyl groups is 1. The van der Waals surface area contributed by atoms with Gasteiger partial charge in [-0.2, -0.15) is 0 Å². The highest BCUT2D eigenvalue weighted by Crippen LogP contribution is 2.39. The summed E-state index contributed by atoms with van der Waals surface area (Å²) in [6.07, 6.45) is 0.690. The molecular formula is C24H29N3O5. The third-order valence-corrected chi connectivity index (χ3v) is 5.57. The number of nitrogens with one attached hydrogen (secondary N) is 2. The van der Waals surface area contributed by atoms with Gasteiger partial charge in [0.2, 0.25) is 0 Å². The molecule has 8 heteroatoms. The van der Waals surface area contributed by atoms with Crippen LogP contribution in [-0.4, -0.2) is 53.8 Å². The number of β-amino-alcohol motifs (C(OH)–C–C–N with tert-alkyl or cyclic N) is 1. The quantitative estimate of drug-likeness (QED) is 0.677. The lowest BCUT2D eigenvalue weighted by Crippen LogP contribution is -2.40. The predicted molar refractivity (Wildman–Crippen MR) is 122 cm³/mol. The van der Waals surface area contributed by atoms with Crippen molar-refractivity contribution in [3.05, 3.63) is 47.5 Å². The fourth-order valence-corrected chi connectivity index (χ4v) is 4.18. The van der Waals surface area contributed by atoms with Crippen LogP contribution in [0, 0.1) is 5.92 Å². The van der Waals surface area contributed by atoms with E-state index in [1.54, 1.807) is 23.1 Å². The average Bonchev–Trinajstić information content (AvgIpc) is 3.06. The molecule has 3 N–H and O–H groups in total. The molecule has 2 aliphatic rings. The van der Waals surface area contributed by atoms with Crippen LogP contribution in [-0.2, 0) is 6.42 Å². The molecule has 2 aromatic carbocycles. The molecule has 1 atom stereocenters. The van der Waals surface area contributed by atoms with Gasteiger partial charge in [0.15, 0.2) is 5.75 Å². The molecule has 0 radical (unpaired) electrons. The molecule has 0 aromatic heterocycles. The zero-order chi connectivity index (χ0) is 22.9. The summed E-state index contributed by atoms with van der Waals surface area (Å²) in [5.41, 5.74) is 2.09. The standard InChI is InChI=1S/C24H29N3O5/c1-15-13-27(10-11-28)22(29)16-6-4-8-19(21(16)31-14-15)26-23(30)25-18-7-5-9-20-17(18)12-24(2,3)32-20/h4-9,15,28H,10-14H2,1-3H3,(H2,25,26,30). The average molecular weight is 440 g/mol. The summed E-state index contributed by atoms with van der Waals surface area (Å²) in [6, 6.07) is 10.2. The molecule has 32 heavy (non-hydrogen) atoms. The van der Waals surface area contributed by atoms with Crippen molar-refractivity contribution in [3.8, 4) is 11.5 Å². The molecule has 2 heterocycles. The number of aliphatic hydroxyl groups excluding tert-OH is 1. The lowest BCUT2D eigenvalue weighted by molar-refractivity contribution is 0.0645. The van der Waals surface area contributed by atoms with E-state index < -0.39 is 6.03 Å². The first kappa shape index (κ1) is 22.0. The Bertz CT molecular complexity index is 1040. The van der Waals surface area contributed by atoms with Crippen LogP contribution in [0.5, 0.6) is 11.5 Å². The number of fused-ring (bicyclic) bond motifs is 2. The van der Waals surface area contributed by atoms with Crippen molar-refractivity contribution in [1.29, 1.82) is 0 Å². The number of hydrogen-bond donors (Lipinski definition) is 3. The number of urea groups is 1. The summed E-state index contributed by atoms with van der Waals surface area (Å²) in [6.45, 7) is 7.01. The second-order valence-corrected chi connectivity index (χ2v) is 8.97. The zero-order valence-corrected chi connectivity index (χ0v) is 18.6. The van der Waals surface area contributed by atoms with E-state index in [1.165, 1.54) is 0 Å². The molecule has 0 saturated carbocycles. The van der Waals surface area contributed by atoms with Gasteiger partial charge in [-0.25, -0.2) is 4.79 Å². The molecule has 4 rings (SSSR count). The largest absolute Gasteiger partial charge is 0.490 e. The number of amides is 3. The summed E-state index contributed by atoms with van der Waals surface area (Å²) in [5.74, 6) is 0.954. The number of para-hydroxylation sites is 1. The van der Waals surface area contributed by atoms with E-state index in [4.69, 9.17) is 9.47 Å². The van der Waals surface area contributed by atoms with Crippen LogP contribution in [0.15, 0.2) is 36.4 Å². The molecule has 0 aliphatic carbocycles. The Labute approximate surface area is 187 Å². The Morgan fingerprint density at radius 3 is 2.69 bits per heavy atom. The Kier molecular flexibility index (Phi) is 5.97. The first-order valence-electron chi connectivity index (χ1n) is 10.8. The van der Waals surface area contributed by atoms with Crippen molar-refractivity contribution in [2.45, 2.75) is 32.8 Å². The summed E-state index contributed by atoms with van der Waals surface area (Å²) in [4.78, 5) is 27.5. The molecule has 8 nitrogen and oxygen atoms in total. The van der Waals surface area contributed by atoms with Crippen molar-refractivity contribution in [3.63, 3.8) is 0 Å². The van der Waals surface area contributed by atoms with Crippen LogP contribution < -0.4 is 20.1 Å². The van der Waals surface area contributed by atoms with E-state index >= 15 is 0 Å². The number of hydrogen-bond acceptors (Lipinski definition) is 5. The Morgan fingerprint density at radius 2 is 1.91 bits per heavy atom. The van der Waals surface area contributed by atoms with Gasteiger partial charge in [-0.1, -0.05) is 19.1 Å². The molecule has 0 saturated heterocycles. The first-order valence-corrected chi connectivity index (χ1v) is 10.8. The van der Waals surface area contributed by atoms with Gasteiger partial charge >= 0.3 is 6.03 Å². The number of anilines is 2. The first-order chi connectivity index (χ1) is 15.3. The van der Waals surface area contributed by atoms with Crippen molar-refractivity contribution in [1.82, 2.24) is 4.90 Å². The van der Waals surface area contributed by atoms with Gasteiger partial charge in [0, 0.05) is 36.7 Å². The number of rotatable bonds is 4. The van der Waals surface area contributed by atoms with Gasteiger partial charge in [0.1, 0.15) is 11.4 Å². The molecule has 0 fully saturated rings. The molecule has 0 bridgehead atoms. The second-order valence-electron chi connectivity index (χ2n) is 8.97. The molecule has 170 valence electrons. The highest BCUT2D eigenvalue weighted by Gasteiger charge is 2.32. The number of nitrogens with zero attached hydrogens (tertiary/aromatic N) is 1. The highest BCUT2D eigenvalue weighted by molar-refractivity contribution is 6.04. The van der Waals surface area contributed by atoms with E-state index in [2.05, 4.69) is 10.6 Å². The lowest BCUT2D eigenvalue weighted by atomic mass is 10.0. The van der Waals surface area contributed by atoms with Crippen LogP contribution in [0.3, 0.4) is 0 Å². The molecule has 1 unspecified atom stereocenters. The predicted octanol–water partition coefficient (Wildman–Crippen LogP) is 3.51. The fourth-order valence-electron chi connectivity index (χ4n) is 4.18. The topological polar surface area (TPSA) is 100 Å². The number of carbonyl (C=O) groups excluding carboxylic acids is 2. The SMILES string of the molecule is CC1COc2c(NC(=O)Nc3cccc4c3CC(C)(C)O4)cccc2C(=O)N(CCO)C1. The molecule has 2 aliphatic heterocycles.